The highest BCUT2D eigenvalue weighted by Crippen LogP contribution is 2.38. The molecular formula is C129H156N10O. The number of benzene rings is 10. The maximum absolute atomic E-state index is 5.60. The van der Waals surface area contributed by atoms with Gasteiger partial charge in [-0.3, -0.25) is 39.9 Å². The summed E-state index contributed by atoms with van der Waals surface area (Å²) in [7, 11) is 0. The molecule has 0 fully saturated rings. The molecule has 0 bridgehead atoms. The lowest BCUT2D eigenvalue weighted by molar-refractivity contribution is 0.322. The molecule has 0 unspecified atom stereocenters. The minimum atomic E-state index is 0.129. The number of aryl methyl sites for hydroxylation is 1. The van der Waals surface area contributed by atoms with Crippen LogP contribution in [0.1, 0.15) is 276 Å². The molecule has 10 heterocycles. The zero-order chi connectivity index (χ0) is 102. The van der Waals surface area contributed by atoms with Gasteiger partial charge in [-0.1, -0.05) is 384 Å². The van der Waals surface area contributed by atoms with Crippen LogP contribution < -0.4 is 15.4 Å². The molecule has 20 rings (SSSR count). The van der Waals surface area contributed by atoms with Crippen molar-refractivity contribution in [3.05, 3.63) is 390 Å². The Morgan fingerprint density at radius 3 is 1.30 bits per heavy atom. The van der Waals surface area contributed by atoms with E-state index in [0.717, 1.165) is 75.6 Å². The number of aromatic nitrogens is 8. The maximum atomic E-state index is 5.60. The van der Waals surface area contributed by atoms with E-state index < -0.39 is 0 Å². The Balaban J connectivity index is 0.000000149. The summed E-state index contributed by atoms with van der Waals surface area (Å²) < 4.78 is 5.60. The average Bonchev–Trinajstić information content (AvgIpc) is 0.796. The number of nitrogens with one attached hydrogen (secondary N) is 2. The molecule has 0 saturated carbocycles. The van der Waals surface area contributed by atoms with E-state index in [1.807, 2.05) is 104 Å². The van der Waals surface area contributed by atoms with Gasteiger partial charge < -0.3 is 15.4 Å². The number of para-hydroxylation sites is 3. The highest BCUT2D eigenvalue weighted by molar-refractivity contribution is 5.87. The summed E-state index contributed by atoms with van der Waals surface area (Å²) in [5, 5.41) is 19.1. The second-order valence-electron chi connectivity index (χ2n) is 47.1. The van der Waals surface area contributed by atoms with Gasteiger partial charge in [0.15, 0.2) is 0 Å². The lowest BCUT2D eigenvalue weighted by Crippen LogP contribution is -2.19. The number of hydrogen-bond acceptors (Lipinski definition) is 11. The molecule has 0 spiro atoms. The van der Waals surface area contributed by atoms with Gasteiger partial charge in [0.2, 0.25) is 0 Å². The molecule has 0 radical (unpaired) electrons. The van der Waals surface area contributed by atoms with E-state index in [0.29, 0.717) is 0 Å². The summed E-state index contributed by atoms with van der Waals surface area (Å²) in [5.41, 5.74) is 25.4. The van der Waals surface area contributed by atoms with Gasteiger partial charge in [0.25, 0.3) is 0 Å². The van der Waals surface area contributed by atoms with E-state index in [-0.39, 0.29) is 54.1 Å². The molecule has 0 aliphatic carbocycles. The van der Waals surface area contributed by atoms with Crippen molar-refractivity contribution >= 4 is 98.3 Å². The molecule has 8 aromatic heterocycles. The molecule has 0 saturated heterocycles. The monoisotopic (exact) mass is 1860 g/mol. The molecule has 728 valence electrons. The number of nitrogens with zero attached hydrogens (tertiary/aromatic N) is 8. The second kappa shape index (κ2) is 45.9. The van der Waals surface area contributed by atoms with E-state index >= 15 is 0 Å². The molecule has 140 heavy (non-hydrogen) atoms. The lowest BCUT2D eigenvalue weighted by atomic mass is 9.84. The molecule has 2 aliphatic rings. The van der Waals surface area contributed by atoms with Crippen LogP contribution in [0.2, 0.25) is 0 Å². The zero-order valence-corrected chi connectivity index (χ0v) is 89.7. The van der Waals surface area contributed by atoms with Crippen LogP contribution >= 0.6 is 0 Å². The van der Waals surface area contributed by atoms with Crippen LogP contribution in [0, 0.1) is 0 Å². The molecule has 18 aromatic rings. The van der Waals surface area contributed by atoms with Gasteiger partial charge in [-0.15, -0.1) is 0 Å². The Labute approximate surface area is 838 Å². The smallest absolute Gasteiger partial charge is 0.142 e. The first-order valence-corrected chi connectivity index (χ1v) is 49.9. The van der Waals surface area contributed by atoms with Gasteiger partial charge in [-0.05, 0) is 220 Å². The highest BCUT2D eigenvalue weighted by atomic mass is 16.5. The van der Waals surface area contributed by atoms with E-state index in [2.05, 4.69) is 483 Å². The largest absolute Gasteiger partial charge is 0.490 e. The SMILES string of the molecule is CC(C)(C)c1cc2ccccc2cn1.CC(C)(C)c1ccc2c(c1)CCCN2.CC(C)(C)c1ccc2c(c1)OCCN2.CC(C)(C)c1ccc2ccccc2n1.CC(C)(C)c1ccc2cccnc2c1.CC(C)(C)c1ccc2cnccc2c1.CC(C)(C)c1ccc2ncccc2c1.CC(C)(C)c1cccc2cccnc12.CC(C)(C)c1cccc2ncccc12.CC(C)(C)c1cnc2ccccc2c1. The molecule has 11 heteroatoms. The van der Waals surface area contributed by atoms with Crippen LogP contribution in [-0.2, 0) is 60.6 Å². The summed E-state index contributed by atoms with van der Waals surface area (Å²) in [6.07, 6.45) is 17.5. The molecule has 0 amide bonds. The van der Waals surface area contributed by atoms with Crippen LogP contribution in [0.5, 0.6) is 5.75 Å². The van der Waals surface area contributed by atoms with Crippen molar-refractivity contribution in [2.75, 3.05) is 30.3 Å². The minimum Gasteiger partial charge on any atom is -0.490 e. The van der Waals surface area contributed by atoms with Crippen LogP contribution in [0.3, 0.4) is 0 Å². The number of pyridine rings is 8. The van der Waals surface area contributed by atoms with Crippen molar-refractivity contribution in [1.29, 1.82) is 0 Å². The quantitative estimate of drug-likeness (QED) is 0.150. The summed E-state index contributed by atoms with van der Waals surface area (Å²) in [6, 6.07) is 97.4. The van der Waals surface area contributed by atoms with Gasteiger partial charge in [0.05, 0.1) is 38.8 Å². The molecule has 11 nitrogen and oxygen atoms in total. The van der Waals surface area contributed by atoms with E-state index in [1.165, 1.54) is 122 Å². The van der Waals surface area contributed by atoms with Crippen molar-refractivity contribution < 1.29 is 4.74 Å². The number of ether oxygens (including phenoxy) is 1. The molecule has 2 N–H and O–H groups in total. The van der Waals surface area contributed by atoms with Gasteiger partial charge in [0.1, 0.15) is 12.4 Å². The Bertz CT molecular complexity index is 6240. The molecule has 2 aliphatic heterocycles. The first-order chi connectivity index (χ1) is 65.7. The normalized spacial score (nSPS) is 12.7. The Morgan fingerprint density at radius 2 is 0.671 bits per heavy atom. The third-order valence-electron chi connectivity index (χ3n) is 25.0. The summed E-state index contributed by atoms with van der Waals surface area (Å²) in [4.78, 5) is 35.1. The number of fused-ring (bicyclic) bond motifs is 10. The topological polar surface area (TPSA) is 136 Å². The van der Waals surface area contributed by atoms with Crippen LogP contribution in [0.4, 0.5) is 11.4 Å². The summed E-state index contributed by atoms with van der Waals surface area (Å²) >= 11 is 0. The first kappa shape index (κ1) is 107. The Morgan fingerprint density at radius 1 is 0.243 bits per heavy atom. The van der Waals surface area contributed by atoms with Crippen molar-refractivity contribution in [2.45, 2.75) is 275 Å². The first-order valence-electron chi connectivity index (χ1n) is 49.9. The predicted octanol–water partition coefficient (Wildman–Crippen LogP) is 34.4. The van der Waals surface area contributed by atoms with Crippen molar-refractivity contribution in [1.82, 2.24) is 39.9 Å². The van der Waals surface area contributed by atoms with Crippen molar-refractivity contribution in [3.8, 4) is 5.75 Å². The number of hydrogen-bond donors (Lipinski definition) is 2. The number of rotatable bonds is 0. The maximum Gasteiger partial charge on any atom is 0.142 e. The average molecular weight is 1860 g/mol. The van der Waals surface area contributed by atoms with E-state index in [4.69, 9.17) is 4.74 Å². The van der Waals surface area contributed by atoms with Crippen molar-refractivity contribution in [2.24, 2.45) is 0 Å². The van der Waals surface area contributed by atoms with E-state index in [1.54, 1.807) is 0 Å². The summed E-state index contributed by atoms with van der Waals surface area (Å²) in [5.74, 6) is 0.990. The third-order valence-corrected chi connectivity index (χ3v) is 25.0. The minimum absolute atomic E-state index is 0.129. The van der Waals surface area contributed by atoms with Crippen molar-refractivity contribution in [3.63, 3.8) is 0 Å². The molecule has 0 atom stereocenters. The Hall–Kier alpha value is -13.1. The van der Waals surface area contributed by atoms with E-state index in [9.17, 15) is 0 Å². The predicted molar refractivity (Wildman–Crippen MR) is 605 cm³/mol. The fourth-order valence-corrected chi connectivity index (χ4v) is 16.1. The lowest BCUT2D eigenvalue weighted by Gasteiger charge is -2.24. The van der Waals surface area contributed by atoms with Crippen LogP contribution in [0.25, 0.3) is 87.0 Å². The number of anilines is 2. The molecular weight excluding hydrogens is 1710 g/mol. The fraction of sp³-hybridized carbons (Fsp3) is 0.349. The highest BCUT2D eigenvalue weighted by Gasteiger charge is 2.25. The second-order valence-corrected chi connectivity index (χ2v) is 47.1. The standard InChI is InChI=1S/3C13H15N.C13H19N.5C13H15N.C12H17NO/c1-13(2,3)11-7-4-8-12-10(11)6-5-9-14-12;1-13(2,3)11-8-4-6-10-7-5-9-14-12(10)11;1-13(2,3)12-5-4-11-9-14-7-6-10(11)8-12;2*1-13(2,3)11-6-7-12-10(9-11)5-4-8-14-12;1-13(2,3)11-7-6-10-5-4-8-14-12(10)9-11;1-13(2,3)11-8-10-6-4-5-7-12(10)14-9-11;1-13(2,3)12-8-10-6-4-5-7-11(10)9-14-12;1-13(2,3)12-9-8-10-6-4-5-7-11(10)14-12;1-12(2,3)9-4-5-10-11(8-9)14-7-6-13-10/h3*4-9H,1-3H3;6-7,9,14H,4-5,8H2,1-3H3;5*4-9H,1-3H3;4-5,8,13H,6-7H2,1-3H3. The van der Waals surface area contributed by atoms with Gasteiger partial charge in [-0.25, -0.2) is 0 Å². The molecule has 10 aromatic carbocycles. The summed E-state index contributed by atoms with van der Waals surface area (Å²) in [6.45, 7) is 69.4. The van der Waals surface area contributed by atoms with Crippen LogP contribution in [0.15, 0.2) is 329 Å². The van der Waals surface area contributed by atoms with Gasteiger partial charge in [0, 0.05) is 134 Å². The van der Waals surface area contributed by atoms with Gasteiger partial charge in [-0.2, -0.15) is 0 Å². The zero-order valence-electron chi connectivity index (χ0n) is 89.7. The Kier molecular flexibility index (Phi) is 35.2. The third kappa shape index (κ3) is 30.9. The van der Waals surface area contributed by atoms with Crippen LogP contribution in [-0.4, -0.2) is 59.6 Å². The fourth-order valence-electron chi connectivity index (χ4n) is 16.1. The van der Waals surface area contributed by atoms with Gasteiger partial charge >= 0.3 is 0 Å².